The molecule has 2 amide bonds. The minimum absolute atomic E-state index is 0.0539. The Morgan fingerprint density at radius 2 is 1.54 bits per heavy atom. The van der Waals surface area contributed by atoms with Crippen molar-refractivity contribution < 1.29 is 18.4 Å². The molecule has 1 fully saturated rings. The van der Waals surface area contributed by atoms with E-state index in [1.165, 1.54) is 29.8 Å². The molecule has 1 aliphatic heterocycles. The van der Waals surface area contributed by atoms with E-state index in [2.05, 4.69) is 27.7 Å². The van der Waals surface area contributed by atoms with Gasteiger partial charge in [0.2, 0.25) is 11.8 Å². The van der Waals surface area contributed by atoms with E-state index in [1.807, 2.05) is 19.1 Å². The molecule has 1 saturated heterocycles. The predicted octanol–water partition coefficient (Wildman–Crippen LogP) is 6.22. The smallest absolute Gasteiger partial charge is 0.232 e. The van der Waals surface area contributed by atoms with E-state index in [0.717, 1.165) is 51.0 Å². The van der Waals surface area contributed by atoms with Gasteiger partial charge in [0.25, 0.3) is 0 Å². The molecule has 0 atom stereocenters. The van der Waals surface area contributed by atoms with Gasteiger partial charge in [0.1, 0.15) is 11.6 Å². The molecule has 1 aliphatic rings. The Morgan fingerprint density at radius 1 is 0.923 bits per heavy atom. The summed E-state index contributed by atoms with van der Waals surface area (Å²) >= 11 is 0. The van der Waals surface area contributed by atoms with Gasteiger partial charge < -0.3 is 15.5 Å². The van der Waals surface area contributed by atoms with Crippen molar-refractivity contribution in [3.8, 4) is 0 Å². The zero-order valence-corrected chi connectivity index (χ0v) is 22.5. The van der Waals surface area contributed by atoms with Crippen LogP contribution in [0.3, 0.4) is 0 Å². The van der Waals surface area contributed by atoms with Crippen LogP contribution < -0.4 is 10.6 Å². The third kappa shape index (κ3) is 8.20. The van der Waals surface area contributed by atoms with Crippen LogP contribution >= 0.6 is 0 Å². The van der Waals surface area contributed by atoms with Crippen molar-refractivity contribution in [3.63, 3.8) is 0 Å². The van der Waals surface area contributed by atoms with Gasteiger partial charge in [0.05, 0.1) is 5.92 Å². The average molecular weight is 534 g/mol. The molecule has 4 rings (SSSR count). The summed E-state index contributed by atoms with van der Waals surface area (Å²) in [7, 11) is 0. The Bertz CT molecular complexity index is 1180. The van der Waals surface area contributed by atoms with Gasteiger partial charge in [-0.2, -0.15) is 0 Å². The molecule has 7 heteroatoms. The highest BCUT2D eigenvalue weighted by molar-refractivity contribution is 5.90. The number of hydrogen-bond donors (Lipinski definition) is 2. The molecule has 0 bridgehead atoms. The van der Waals surface area contributed by atoms with Crippen molar-refractivity contribution in [1.82, 2.24) is 10.2 Å². The Balaban J connectivity index is 1.25. The number of hydrogen-bond acceptors (Lipinski definition) is 3. The number of anilines is 1. The normalized spacial score (nSPS) is 14.4. The second-order valence-electron chi connectivity index (χ2n) is 10.2. The van der Waals surface area contributed by atoms with E-state index >= 15 is 0 Å². The quantitative estimate of drug-likeness (QED) is 0.288. The average Bonchev–Trinajstić information content (AvgIpc) is 2.94. The highest BCUT2D eigenvalue weighted by Crippen LogP contribution is 2.30. The molecule has 3 aromatic carbocycles. The van der Waals surface area contributed by atoms with E-state index in [1.54, 1.807) is 24.3 Å². The lowest BCUT2D eigenvalue weighted by atomic mass is 9.89. The largest absolute Gasteiger partial charge is 0.355 e. The fourth-order valence-electron chi connectivity index (χ4n) is 5.23. The first-order valence-electron chi connectivity index (χ1n) is 13.8. The van der Waals surface area contributed by atoms with Crippen molar-refractivity contribution in [2.45, 2.75) is 50.9 Å². The van der Waals surface area contributed by atoms with Gasteiger partial charge in [-0.05, 0) is 104 Å². The highest BCUT2D eigenvalue weighted by atomic mass is 19.1. The first kappa shape index (κ1) is 28.4. The molecule has 0 aliphatic carbocycles. The number of benzene rings is 3. The summed E-state index contributed by atoms with van der Waals surface area (Å²) in [4.78, 5) is 27.5. The van der Waals surface area contributed by atoms with Gasteiger partial charge in [-0.1, -0.05) is 43.3 Å². The van der Waals surface area contributed by atoms with Crippen LogP contribution in [0.25, 0.3) is 0 Å². The maximum absolute atomic E-state index is 13.5. The molecule has 0 unspecified atom stereocenters. The number of carbonyl (C=O) groups is 2. The summed E-state index contributed by atoms with van der Waals surface area (Å²) in [5.41, 5.74) is 3.46. The van der Waals surface area contributed by atoms with Gasteiger partial charge in [-0.25, -0.2) is 8.78 Å². The summed E-state index contributed by atoms with van der Waals surface area (Å²) in [6.07, 6.45) is 4.28. The number of likely N-dealkylation sites (tertiary alicyclic amines) is 1. The Labute approximate surface area is 229 Å². The Morgan fingerprint density at radius 3 is 2.13 bits per heavy atom. The fraction of sp³-hybridized carbons (Fsp3) is 0.375. The highest BCUT2D eigenvalue weighted by Gasteiger charge is 2.24. The van der Waals surface area contributed by atoms with E-state index in [-0.39, 0.29) is 23.4 Å². The van der Waals surface area contributed by atoms with Crippen LogP contribution in [0.2, 0.25) is 0 Å². The first-order valence-corrected chi connectivity index (χ1v) is 13.8. The monoisotopic (exact) mass is 533 g/mol. The molecule has 3 aromatic rings. The minimum atomic E-state index is -0.635. The summed E-state index contributed by atoms with van der Waals surface area (Å²) in [6.45, 7) is 5.38. The molecule has 206 valence electrons. The molecule has 1 heterocycles. The molecule has 0 spiro atoms. The van der Waals surface area contributed by atoms with Crippen molar-refractivity contribution in [2.24, 2.45) is 0 Å². The van der Waals surface area contributed by atoms with E-state index < -0.39 is 5.92 Å². The fourth-order valence-corrected chi connectivity index (χ4v) is 5.23. The van der Waals surface area contributed by atoms with Crippen LogP contribution in [0.4, 0.5) is 14.5 Å². The standard InChI is InChI=1S/C32H37F2N3O2/c1-2-5-30(38)36-29-7-3-6-26(22-29)23-16-20-37(21-17-23)19-4-18-35-32(39)31(24-8-12-27(33)13-9-24)25-10-14-28(34)15-11-25/h3,6-15,22-23,31H,2,4-5,16-21H2,1H3,(H,35,39)(H,36,38). The minimum Gasteiger partial charge on any atom is -0.355 e. The lowest BCUT2D eigenvalue weighted by Crippen LogP contribution is -2.36. The number of nitrogens with one attached hydrogen (secondary N) is 2. The molecular weight excluding hydrogens is 496 g/mol. The third-order valence-corrected chi connectivity index (χ3v) is 7.33. The molecule has 39 heavy (non-hydrogen) atoms. The number of nitrogens with zero attached hydrogens (tertiary/aromatic N) is 1. The van der Waals surface area contributed by atoms with Gasteiger partial charge in [0.15, 0.2) is 0 Å². The summed E-state index contributed by atoms with van der Waals surface area (Å²) in [5.74, 6) is -1.03. The second-order valence-corrected chi connectivity index (χ2v) is 10.2. The van der Waals surface area contributed by atoms with Crippen molar-refractivity contribution >= 4 is 17.5 Å². The predicted molar refractivity (Wildman–Crippen MR) is 151 cm³/mol. The Hall–Kier alpha value is -3.58. The van der Waals surface area contributed by atoms with Crippen molar-refractivity contribution in [1.29, 1.82) is 0 Å². The maximum Gasteiger partial charge on any atom is 0.232 e. The molecule has 0 saturated carbocycles. The van der Waals surface area contributed by atoms with Gasteiger partial charge >= 0.3 is 0 Å². The van der Waals surface area contributed by atoms with Crippen LogP contribution in [0.15, 0.2) is 72.8 Å². The van der Waals surface area contributed by atoms with Crippen LogP contribution in [0, 0.1) is 11.6 Å². The molecule has 0 aromatic heterocycles. The summed E-state index contributed by atoms with van der Waals surface area (Å²) in [6, 6.07) is 19.9. The van der Waals surface area contributed by atoms with Crippen LogP contribution in [0.1, 0.15) is 67.6 Å². The van der Waals surface area contributed by atoms with Crippen LogP contribution in [-0.4, -0.2) is 42.9 Å². The van der Waals surface area contributed by atoms with Crippen LogP contribution in [0.5, 0.6) is 0 Å². The zero-order valence-electron chi connectivity index (χ0n) is 22.5. The lowest BCUT2D eigenvalue weighted by Gasteiger charge is -2.32. The number of rotatable bonds is 11. The number of piperidine rings is 1. The zero-order chi connectivity index (χ0) is 27.6. The van der Waals surface area contributed by atoms with Gasteiger partial charge in [-0.15, -0.1) is 0 Å². The molecular formula is C32H37F2N3O2. The summed E-state index contributed by atoms with van der Waals surface area (Å²) in [5, 5.41) is 6.02. The van der Waals surface area contributed by atoms with E-state index in [9.17, 15) is 18.4 Å². The molecule has 0 radical (unpaired) electrons. The van der Waals surface area contributed by atoms with E-state index in [0.29, 0.717) is 30.0 Å². The number of carbonyl (C=O) groups excluding carboxylic acids is 2. The third-order valence-electron chi connectivity index (χ3n) is 7.33. The van der Waals surface area contributed by atoms with Crippen molar-refractivity contribution in [2.75, 3.05) is 31.5 Å². The second kappa shape index (κ2) is 14.0. The van der Waals surface area contributed by atoms with Gasteiger partial charge in [0, 0.05) is 18.7 Å². The first-order chi connectivity index (χ1) is 18.9. The van der Waals surface area contributed by atoms with Crippen molar-refractivity contribution in [3.05, 3.63) is 101 Å². The number of amides is 2. The topological polar surface area (TPSA) is 61.4 Å². The van der Waals surface area contributed by atoms with E-state index in [4.69, 9.17) is 0 Å². The van der Waals surface area contributed by atoms with Gasteiger partial charge in [-0.3, -0.25) is 9.59 Å². The maximum atomic E-state index is 13.5. The molecule has 5 nitrogen and oxygen atoms in total. The summed E-state index contributed by atoms with van der Waals surface area (Å²) < 4.78 is 26.9. The molecule has 2 N–H and O–H groups in total. The SMILES string of the molecule is CCCC(=O)Nc1cccc(C2CCN(CCCNC(=O)C(c3ccc(F)cc3)c3ccc(F)cc3)CC2)c1. The lowest BCUT2D eigenvalue weighted by molar-refractivity contribution is -0.121. The van der Waals surface area contributed by atoms with Crippen LogP contribution in [-0.2, 0) is 9.59 Å². The number of halogens is 2. The Kier molecular flexibility index (Phi) is 10.2.